The molecule has 0 radical (unpaired) electrons. The quantitative estimate of drug-likeness (QED) is 0.808. The molecular formula is C11H8ClN3O. The number of nitrogens with two attached hydrogens (primary N) is 1. The first-order chi connectivity index (χ1) is 7.70. The second-order valence-electron chi connectivity index (χ2n) is 3.16. The van der Waals surface area contributed by atoms with Gasteiger partial charge < -0.3 is 5.73 Å². The van der Waals surface area contributed by atoms with Crippen molar-refractivity contribution in [2.24, 2.45) is 0 Å². The number of aldehydes is 1. The van der Waals surface area contributed by atoms with Crippen molar-refractivity contribution in [3.05, 3.63) is 41.0 Å². The Morgan fingerprint density at radius 2 is 1.94 bits per heavy atom. The molecule has 5 heteroatoms. The minimum Gasteiger partial charge on any atom is -0.383 e. The predicted octanol–water partition coefficient (Wildman–Crippen LogP) is 2.19. The second-order valence-corrected chi connectivity index (χ2v) is 3.60. The maximum Gasteiger partial charge on any atom is 0.161 e. The lowest BCUT2D eigenvalue weighted by molar-refractivity contribution is 0.112. The van der Waals surface area contributed by atoms with Gasteiger partial charge in [0.2, 0.25) is 0 Å². The van der Waals surface area contributed by atoms with Crippen molar-refractivity contribution in [3.63, 3.8) is 0 Å². The molecule has 0 aliphatic heterocycles. The fourth-order valence-corrected chi connectivity index (χ4v) is 1.36. The number of halogens is 1. The summed E-state index contributed by atoms with van der Waals surface area (Å²) in [5, 5.41) is 0.640. The fraction of sp³-hybridized carbons (Fsp3) is 0. The third kappa shape index (κ3) is 2.01. The van der Waals surface area contributed by atoms with E-state index in [1.165, 1.54) is 6.20 Å². The fourth-order valence-electron chi connectivity index (χ4n) is 1.23. The van der Waals surface area contributed by atoms with E-state index in [-0.39, 0.29) is 11.4 Å². The lowest BCUT2D eigenvalue weighted by atomic mass is 10.2. The first kappa shape index (κ1) is 10.6. The molecule has 4 nitrogen and oxygen atoms in total. The van der Waals surface area contributed by atoms with E-state index in [9.17, 15) is 4.79 Å². The zero-order chi connectivity index (χ0) is 11.5. The summed E-state index contributed by atoms with van der Waals surface area (Å²) >= 11 is 5.77. The Kier molecular flexibility index (Phi) is 2.83. The van der Waals surface area contributed by atoms with Crippen LogP contribution in [0, 0.1) is 0 Å². The maximum atomic E-state index is 10.5. The third-order valence-electron chi connectivity index (χ3n) is 2.08. The summed E-state index contributed by atoms with van der Waals surface area (Å²) < 4.78 is 0. The summed E-state index contributed by atoms with van der Waals surface area (Å²) in [5.41, 5.74) is 6.68. The lowest BCUT2D eigenvalue weighted by Crippen LogP contribution is -2.00. The number of rotatable bonds is 2. The van der Waals surface area contributed by atoms with Crippen LogP contribution in [0.25, 0.3) is 11.4 Å². The molecule has 2 aromatic rings. The molecule has 0 amide bonds. The molecule has 2 rings (SSSR count). The van der Waals surface area contributed by atoms with Gasteiger partial charge in [0.1, 0.15) is 5.82 Å². The molecule has 0 aliphatic rings. The van der Waals surface area contributed by atoms with E-state index in [0.29, 0.717) is 17.1 Å². The largest absolute Gasteiger partial charge is 0.383 e. The van der Waals surface area contributed by atoms with Crippen molar-refractivity contribution in [1.29, 1.82) is 0 Å². The average molecular weight is 234 g/mol. The number of aromatic nitrogens is 2. The number of anilines is 1. The molecule has 2 N–H and O–H groups in total. The topological polar surface area (TPSA) is 68.9 Å². The molecule has 0 saturated carbocycles. The Labute approximate surface area is 97.1 Å². The third-order valence-corrected chi connectivity index (χ3v) is 2.33. The van der Waals surface area contributed by atoms with Crippen LogP contribution in [0.5, 0.6) is 0 Å². The molecule has 1 aromatic carbocycles. The van der Waals surface area contributed by atoms with Crippen LogP contribution in [-0.2, 0) is 0 Å². The summed E-state index contributed by atoms with van der Waals surface area (Å²) in [6.45, 7) is 0. The highest BCUT2D eigenvalue weighted by Crippen LogP contribution is 2.19. The highest BCUT2D eigenvalue weighted by Gasteiger charge is 2.05. The van der Waals surface area contributed by atoms with Crippen molar-refractivity contribution in [2.45, 2.75) is 0 Å². The smallest absolute Gasteiger partial charge is 0.161 e. The van der Waals surface area contributed by atoms with E-state index >= 15 is 0 Å². The highest BCUT2D eigenvalue weighted by molar-refractivity contribution is 6.30. The van der Waals surface area contributed by atoms with E-state index in [1.54, 1.807) is 24.3 Å². The molecule has 0 spiro atoms. The molecule has 16 heavy (non-hydrogen) atoms. The van der Waals surface area contributed by atoms with Gasteiger partial charge in [0.15, 0.2) is 12.1 Å². The Morgan fingerprint density at radius 3 is 2.50 bits per heavy atom. The molecule has 1 aromatic heterocycles. The summed E-state index contributed by atoms with van der Waals surface area (Å²) in [5.74, 6) is 0.648. The van der Waals surface area contributed by atoms with Gasteiger partial charge in [-0.15, -0.1) is 0 Å². The number of nitrogen functional groups attached to an aromatic ring is 1. The average Bonchev–Trinajstić information content (AvgIpc) is 2.30. The Morgan fingerprint density at radius 1 is 1.25 bits per heavy atom. The first-order valence-corrected chi connectivity index (χ1v) is 4.92. The predicted molar refractivity (Wildman–Crippen MR) is 62.3 cm³/mol. The van der Waals surface area contributed by atoms with Gasteiger partial charge in [0.05, 0.1) is 5.56 Å². The van der Waals surface area contributed by atoms with Gasteiger partial charge >= 0.3 is 0 Å². The zero-order valence-corrected chi connectivity index (χ0v) is 8.98. The summed E-state index contributed by atoms with van der Waals surface area (Å²) in [6.07, 6.45) is 2.03. The van der Waals surface area contributed by atoms with E-state index in [4.69, 9.17) is 17.3 Å². The van der Waals surface area contributed by atoms with Crippen LogP contribution in [0.15, 0.2) is 30.5 Å². The molecule has 0 saturated heterocycles. The van der Waals surface area contributed by atoms with Crippen LogP contribution < -0.4 is 5.73 Å². The van der Waals surface area contributed by atoms with Crippen molar-refractivity contribution in [2.75, 3.05) is 5.73 Å². The molecule has 1 heterocycles. The van der Waals surface area contributed by atoms with Crippen LogP contribution in [0.4, 0.5) is 5.82 Å². The van der Waals surface area contributed by atoms with Gasteiger partial charge in [-0.25, -0.2) is 9.97 Å². The standard InChI is InChI=1S/C11H8ClN3O/c12-9-3-1-7(2-4-9)11-14-5-8(6-16)10(13)15-11/h1-6H,(H2,13,14,15). The van der Waals surface area contributed by atoms with Gasteiger partial charge in [-0.2, -0.15) is 0 Å². The van der Waals surface area contributed by atoms with Crippen LogP contribution in [0.3, 0.4) is 0 Å². The van der Waals surface area contributed by atoms with Gasteiger partial charge in [0.25, 0.3) is 0 Å². The summed E-state index contributed by atoms with van der Waals surface area (Å²) in [4.78, 5) is 18.6. The SMILES string of the molecule is Nc1nc(-c2ccc(Cl)cc2)ncc1C=O. The van der Waals surface area contributed by atoms with Crippen LogP contribution >= 0.6 is 11.6 Å². The summed E-state index contributed by atoms with van der Waals surface area (Å²) in [7, 11) is 0. The lowest BCUT2D eigenvalue weighted by Gasteiger charge is -2.02. The molecule has 0 bridgehead atoms. The number of benzene rings is 1. The number of nitrogens with zero attached hydrogens (tertiary/aromatic N) is 2. The minimum absolute atomic E-state index is 0.176. The Hall–Kier alpha value is -1.94. The van der Waals surface area contributed by atoms with E-state index in [0.717, 1.165) is 5.56 Å². The zero-order valence-electron chi connectivity index (χ0n) is 8.22. The molecule has 0 unspecified atom stereocenters. The van der Waals surface area contributed by atoms with Crippen LogP contribution in [0.2, 0.25) is 5.02 Å². The van der Waals surface area contributed by atoms with Crippen molar-refractivity contribution < 1.29 is 4.79 Å². The Balaban J connectivity index is 2.45. The molecule has 80 valence electrons. The van der Waals surface area contributed by atoms with Crippen LogP contribution in [-0.4, -0.2) is 16.3 Å². The van der Waals surface area contributed by atoms with E-state index in [2.05, 4.69) is 9.97 Å². The number of carbonyl (C=O) groups is 1. The van der Waals surface area contributed by atoms with Gasteiger partial charge in [-0.1, -0.05) is 11.6 Å². The second kappa shape index (κ2) is 4.28. The van der Waals surface area contributed by atoms with E-state index in [1.807, 2.05) is 0 Å². The Bertz CT molecular complexity index is 525. The minimum atomic E-state index is 0.176. The maximum absolute atomic E-state index is 10.5. The summed E-state index contributed by atoms with van der Waals surface area (Å²) in [6, 6.07) is 7.06. The molecule has 0 fully saturated rings. The molecule has 0 atom stereocenters. The monoisotopic (exact) mass is 233 g/mol. The first-order valence-electron chi connectivity index (χ1n) is 4.54. The van der Waals surface area contributed by atoms with Gasteiger partial charge in [-0.05, 0) is 24.3 Å². The number of hydrogen-bond donors (Lipinski definition) is 1. The highest BCUT2D eigenvalue weighted by atomic mass is 35.5. The number of hydrogen-bond acceptors (Lipinski definition) is 4. The normalized spacial score (nSPS) is 10.1. The van der Waals surface area contributed by atoms with Crippen LogP contribution in [0.1, 0.15) is 10.4 Å². The number of carbonyl (C=O) groups excluding carboxylic acids is 1. The molecule has 0 aliphatic carbocycles. The van der Waals surface area contributed by atoms with E-state index < -0.39 is 0 Å². The van der Waals surface area contributed by atoms with Gasteiger partial charge in [0, 0.05) is 16.8 Å². The van der Waals surface area contributed by atoms with Gasteiger partial charge in [-0.3, -0.25) is 4.79 Å². The van der Waals surface area contributed by atoms with Crippen molar-refractivity contribution in [1.82, 2.24) is 9.97 Å². The molecular weight excluding hydrogens is 226 g/mol. The van der Waals surface area contributed by atoms with Crippen molar-refractivity contribution >= 4 is 23.7 Å². The van der Waals surface area contributed by atoms with Crippen molar-refractivity contribution in [3.8, 4) is 11.4 Å².